The summed E-state index contributed by atoms with van der Waals surface area (Å²) in [5, 5.41) is 1.27. The number of nitrogens with zero attached hydrogens (tertiary/aromatic N) is 1. The summed E-state index contributed by atoms with van der Waals surface area (Å²) in [7, 11) is 0. The molecule has 1 amide bonds. The van der Waals surface area contributed by atoms with E-state index in [1.165, 1.54) is 5.38 Å². The average Bonchev–Trinajstić information content (AvgIpc) is 2.80. The molecule has 0 radical (unpaired) electrons. The van der Waals surface area contributed by atoms with Crippen molar-refractivity contribution in [3.8, 4) is 0 Å². The molecule has 21 heavy (non-hydrogen) atoms. The van der Waals surface area contributed by atoms with Gasteiger partial charge in [-0.05, 0) is 17.0 Å². The Balaban J connectivity index is 2.09. The zero-order valence-electron chi connectivity index (χ0n) is 10.6. The van der Waals surface area contributed by atoms with Crippen LogP contribution in [0.15, 0.2) is 11.4 Å². The van der Waals surface area contributed by atoms with Crippen LogP contribution >= 0.6 is 22.9 Å². The van der Waals surface area contributed by atoms with Crippen LogP contribution in [0.1, 0.15) is 23.3 Å². The van der Waals surface area contributed by atoms with Gasteiger partial charge in [-0.15, -0.1) is 22.9 Å². The number of alkyl halides is 6. The second-order valence-electron chi connectivity index (χ2n) is 4.89. The van der Waals surface area contributed by atoms with Crippen molar-refractivity contribution in [2.45, 2.75) is 37.5 Å². The molecule has 1 aliphatic carbocycles. The lowest BCUT2D eigenvalue weighted by molar-refractivity contribution is -0.152. The number of rotatable bonds is 4. The minimum Gasteiger partial charge on any atom is -0.334 e. The number of carbonyl (C=O) groups is 1. The lowest BCUT2D eigenvalue weighted by Gasteiger charge is -2.42. The molecular weight excluding hydrogens is 337 g/mol. The number of hydrogen-bond acceptors (Lipinski definition) is 2. The van der Waals surface area contributed by atoms with Crippen molar-refractivity contribution in [3.63, 3.8) is 0 Å². The SMILES string of the molecule is O=C(CCl)N(Cc1csc(C(F)(F)F)c1)C1CC(F)(F)C1. The van der Waals surface area contributed by atoms with Crippen LogP contribution in [0.5, 0.6) is 0 Å². The van der Waals surface area contributed by atoms with Crippen LogP contribution in [0.4, 0.5) is 22.0 Å². The van der Waals surface area contributed by atoms with Gasteiger partial charge in [0.1, 0.15) is 10.8 Å². The molecule has 0 aromatic carbocycles. The van der Waals surface area contributed by atoms with Gasteiger partial charge in [-0.1, -0.05) is 0 Å². The summed E-state index contributed by atoms with van der Waals surface area (Å²) in [6.45, 7) is -0.140. The summed E-state index contributed by atoms with van der Waals surface area (Å²) in [5.41, 5.74) is 0.265. The van der Waals surface area contributed by atoms with E-state index in [1.54, 1.807) is 0 Å². The Hall–Kier alpha value is -0.890. The number of halogens is 6. The highest BCUT2D eigenvalue weighted by Crippen LogP contribution is 2.41. The van der Waals surface area contributed by atoms with Crippen molar-refractivity contribution in [2.75, 3.05) is 5.88 Å². The van der Waals surface area contributed by atoms with Crippen LogP contribution in [-0.4, -0.2) is 28.7 Å². The molecule has 1 saturated carbocycles. The minimum absolute atomic E-state index is 0.140. The maximum Gasteiger partial charge on any atom is 0.425 e. The smallest absolute Gasteiger partial charge is 0.334 e. The van der Waals surface area contributed by atoms with E-state index in [2.05, 4.69) is 0 Å². The normalized spacial score (nSPS) is 18.4. The van der Waals surface area contributed by atoms with Crippen LogP contribution in [-0.2, 0) is 17.5 Å². The highest BCUT2D eigenvalue weighted by atomic mass is 35.5. The summed E-state index contributed by atoms with van der Waals surface area (Å²) in [6, 6.07) is 0.246. The van der Waals surface area contributed by atoms with E-state index in [0.29, 0.717) is 11.3 Å². The summed E-state index contributed by atoms with van der Waals surface area (Å²) in [4.78, 5) is 12.0. The molecular formula is C12H11ClF5NOS. The van der Waals surface area contributed by atoms with Crippen molar-refractivity contribution in [2.24, 2.45) is 0 Å². The Morgan fingerprint density at radius 3 is 2.48 bits per heavy atom. The molecule has 9 heteroatoms. The zero-order chi connectivity index (χ0) is 15.8. The van der Waals surface area contributed by atoms with Crippen LogP contribution in [0.3, 0.4) is 0 Å². The average molecular weight is 348 g/mol. The monoisotopic (exact) mass is 347 g/mol. The van der Waals surface area contributed by atoms with Crippen LogP contribution in [0.2, 0.25) is 0 Å². The summed E-state index contributed by atoms with van der Waals surface area (Å²) in [5.74, 6) is -3.77. The Bertz CT molecular complexity index is 522. The van der Waals surface area contributed by atoms with Gasteiger partial charge >= 0.3 is 6.18 Å². The third-order valence-corrected chi connectivity index (χ3v) is 4.48. The summed E-state index contributed by atoms with van der Waals surface area (Å²) < 4.78 is 63.3. The standard InChI is InChI=1S/C12H11ClF5NOS/c13-4-10(20)19(8-2-11(14,15)3-8)5-7-1-9(21-6-7)12(16,17)18/h1,6,8H,2-5H2. The third-order valence-electron chi connectivity index (χ3n) is 3.23. The van der Waals surface area contributed by atoms with E-state index in [4.69, 9.17) is 11.6 Å². The van der Waals surface area contributed by atoms with E-state index in [9.17, 15) is 26.7 Å². The van der Waals surface area contributed by atoms with E-state index in [1.807, 2.05) is 0 Å². The molecule has 0 unspecified atom stereocenters. The number of hydrogen-bond donors (Lipinski definition) is 0. The molecule has 0 atom stereocenters. The van der Waals surface area contributed by atoms with Crippen LogP contribution in [0, 0.1) is 0 Å². The van der Waals surface area contributed by atoms with E-state index in [-0.39, 0.29) is 12.1 Å². The van der Waals surface area contributed by atoms with Crippen molar-refractivity contribution in [1.82, 2.24) is 4.90 Å². The third kappa shape index (κ3) is 3.85. The van der Waals surface area contributed by atoms with Gasteiger partial charge in [0.25, 0.3) is 5.92 Å². The van der Waals surface area contributed by atoms with E-state index < -0.39 is 47.6 Å². The van der Waals surface area contributed by atoms with Crippen molar-refractivity contribution < 1.29 is 26.7 Å². The van der Waals surface area contributed by atoms with Crippen molar-refractivity contribution in [3.05, 3.63) is 21.9 Å². The maximum atomic E-state index is 12.9. The fraction of sp³-hybridized carbons (Fsp3) is 0.583. The molecule has 1 heterocycles. The van der Waals surface area contributed by atoms with Gasteiger partial charge in [-0.3, -0.25) is 4.79 Å². The molecule has 0 saturated heterocycles. The van der Waals surface area contributed by atoms with Gasteiger partial charge in [0.2, 0.25) is 5.91 Å². The molecule has 0 N–H and O–H groups in total. The van der Waals surface area contributed by atoms with Crippen LogP contribution < -0.4 is 0 Å². The quantitative estimate of drug-likeness (QED) is 0.592. The molecule has 2 nitrogen and oxygen atoms in total. The van der Waals surface area contributed by atoms with Crippen molar-refractivity contribution >= 4 is 28.8 Å². The van der Waals surface area contributed by atoms with Crippen LogP contribution in [0.25, 0.3) is 0 Å². The lowest BCUT2D eigenvalue weighted by atomic mass is 9.86. The predicted molar refractivity (Wildman–Crippen MR) is 68.6 cm³/mol. The Morgan fingerprint density at radius 2 is 2.05 bits per heavy atom. The van der Waals surface area contributed by atoms with Gasteiger partial charge in [-0.2, -0.15) is 13.2 Å². The molecule has 1 aromatic rings. The predicted octanol–water partition coefficient (Wildman–Crippen LogP) is 4.13. The number of thiophene rings is 1. The minimum atomic E-state index is -4.45. The van der Waals surface area contributed by atoms with Crippen molar-refractivity contribution in [1.29, 1.82) is 0 Å². The molecule has 0 aliphatic heterocycles. The Morgan fingerprint density at radius 1 is 1.43 bits per heavy atom. The molecule has 1 aromatic heterocycles. The first kappa shape index (κ1) is 16.5. The van der Waals surface area contributed by atoms with Gasteiger partial charge in [0, 0.05) is 25.4 Å². The Labute approximate surface area is 126 Å². The fourth-order valence-corrected chi connectivity index (χ4v) is 3.08. The van der Waals surface area contributed by atoms with Gasteiger partial charge in [0.05, 0.1) is 0 Å². The summed E-state index contributed by atoms with van der Waals surface area (Å²) >= 11 is 5.94. The van der Waals surface area contributed by atoms with E-state index >= 15 is 0 Å². The van der Waals surface area contributed by atoms with E-state index in [0.717, 1.165) is 11.0 Å². The molecule has 0 spiro atoms. The first-order valence-corrected chi connectivity index (χ1v) is 7.42. The molecule has 0 bridgehead atoms. The second-order valence-corrected chi connectivity index (χ2v) is 6.07. The number of amides is 1. The zero-order valence-corrected chi connectivity index (χ0v) is 12.2. The molecule has 2 rings (SSSR count). The van der Waals surface area contributed by atoms with Gasteiger partial charge < -0.3 is 4.90 Å². The maximum absolute atomic E-state index is 12.9. The molecule has 118 valence electrons. The van der Waals surface area contributed by atoms with Gasteiger partial charge in [0.15, 0.2) is 0 Å². The highest BCUT2D eigenvalue weighted by Gasteiger charge is 2.49. The van der Waals surface area contributed by atoms with Gasteiger partial charge in [-0.25, -0.2) is 8.78 Å². The number of carbonyl (C=O) groups excluding carboxylic acids is 1. The molecule has 1 fully saturated rings. The largest absolute Gasteiger partial charge is 0.425 e. The second kappa shape index (κ2) is 5.72. The molecule has 1 aliphatic rings. The summed E-state index contributed by atoms with van der Waals surface area (Å²) in [6.07, 6.45) is -5.41. The topological polar surface area (TPSA) is 20.3 Å². The fourth-order valence-electron chi connectivity index (χ4n) is 2.15. The first-order valence-electron chi connectivity index (χ1n) is 6.00. The lowest BCUT2D eigenvalue weighted by Crippen LogP contribution is -2.52. The Kier molecular flexibility index (Phi) is 4.49. The highest BCUT2D eigenvalue weighted by molar-refractivity contribution is 7.10. The first-order chi connectivity index (χ1) is 9.62.